The van der Waals surface area contributed by atoms with Crippen molar-refractivity contribution in [3.8, 4) is 0 Å². The second-order valence-corrected chi connectivity index (χ2v) is 6.29. The summed E-state index contributed by atoms with van der Waals surface area (Å²) in [6.07, 6.45) is 4.05. The van der Waals surface area contributed by atoms with Crippen LogP contribution in [0.2, 0.25) is 0 Å². The lowest BCUT2D eigenvalue weighted by molar-refractivity contribution is 0.226. The fourth-order valence-corrected chi connectivity index (χ4v) is 3.60. The average molecular weight is 214 g/mol. The maximum absolute atomic E-state index is 3.82. The molecule has 2 atom stereocenters. The first-order chi connectivity index (χ1) is 6.74. The molecule has 1 N–H and O–H groups in total. The van der Waals surface area contributed by atoms with Gasteiger partial charge in [0.05, 0.1) is 0 Å². The fraction of sp³-hybridized carbons (Fsp3) is 1.00. The van der Waals surface area contributed by atoms with Gasteiger partial charge in [0.25, 0.3) is 0 Å². The summed E-state index contributed by atoms with van der Waals surface area (Å²) in [6, 6.07) is 1.59. The van der Waals surface area contributed by atoms with Crippen LogP contribution in [-0.2, 0) is 0 Å². The largest absolute Gasteiger partial charge is 0.310 e. The fourth-order valence-electron chi connectivity index (χ4n) is 2.44. The van der Waals surface area contributed by atoms with E-state index in [4.69, 9.17) is 0 Å². The Hall–Kier alpha value is 0.270. The van der Waals surface area contributed by atoms with Crippen LogP contribution in [0.3, 0.4) is 0 Å². The summed E-state index contributed by atoms with van der Waals surface area (Å²) in [5.41, 5.74) is 0. The highest BCUT2D eigenvalue weighted by Crippen LogP contribution is 2.26. The maximum Gasteiger partial charge on any atom is 0.0171 e. The van der Waals surface area contributed by atoms with Gasteiger partial charge >= 0.3 is 0 Å². The summed E-state index contributed by atoms with van der Waals surface area (Å²) >= 11 is 2.12. The second kappa shape index (κ2) is 4.86. The summed E-state index contributed by atoms with van der Waals surface area (Å²) in [6.45, 7) is 4.89. The molecule has 0 bridgehead atoms. The highest BCUT2D eigenvalue weighted by atomic mass is 32.2. The molecule has 2 fully saturated rings. The minimum atomic E-state index is 0.794. The van der Waals surface area contributed by atoms with E-state index in [0.717, 1.165) is 17.3 Å². The van der Waals surface area contributed by atoms with E-state index >= 15 is 0 Å². The normalized spacial score (nSPS) is 36.4. The monoisotopic (exact) mass is 214 g/mol. The van der Waals surface area contributed by atoms with Gasteiger partial charge in [0, 0.05) is 23.1 Å². The molecule has 2 aliphatic rings. The van der Waals surface area contributed by atoms with E-state index in [1.807, 2.05) is 0 Å². The third-order valence-electron chi connectivity index (χ3n) is 3.39. The number of hydrogen-bond acceptors (Lipinski definition) is 3. The molecule has 0 spiro atoms. The van der Waals surface area contributed by atoms with Gasteiger partial charge in [-0.25, -0.2) is 0 Å². The van der Waals surface area contributed by atoms with Gasteiger partial charge in [0.2, 0.25) is 0 Å². The number of rotatable bonds is 2. The summed E-state index contributed by atoms with van der Waals surface area (Å²) in [5, 5.41) is 4.70. The summed E-state index contributed by atoms with van der Waals surface area (Å²) in [5.74, 6) is 1.33. The van der Waals surface area contributed by atoms with Crippen LogP contribution in [0.15, 0.2) is 0 Å². The zero-order valence-electron chi connectivity index (χ0n) is 9.33. The summed E-state index contributed by atoms with van der Waals surface area (Å²) < 4.78 is 0. The molecule has 82 valence electrons. The molecule has 0 radical (unpaired) electrons. The van der Waals surface area contributed by atoms with Crippen molar-refractivity contribution in [1.82, 2.24) is 10.2 Å². The van der Waals surface area contributed by atoms with Crippen LogP contribution in [0, 0.1) is 0 Å². The Morgan fingerprint density at radius 2 is 1.93 bits per heavy atom. The second-order valence-electron chi connectivity index (χ2n) is 4.82. The molecule has 2 unspecified atom stereocenters. The van der Waals surface area contributed by atoms with Crippen LogP contribution in [0.1, 0.15) is 26.2 Å². The van der Waals surface area contributed by atoms with Gasteiger partial charge in [-0.05, 0) is 39.4 Å². The molecule has 0 aromatic carbocycles. The molecule has 0 aromatic heterocycles. The van der Waals surface area contributed by atoms with E-state index in [9.17, 15) is 0 Å². The Morgan fingerprint density at radius 3 is 2.50 bits per heavy atom. The van der Waals surface area contributed by atoms with Crippen LogP contribution in [0.5, 0.6) is 0 Å². The van der Waals surface area contributed by atoms with Crippen LogP contribution in [-0.4, -0.2) is 48.1 Å². The number of nitrogens with zero attached hydrogens (tertiary/aromatic N) is 1. The van der Waals surface area contributed by atoms with Crippen LogP contribution in [0.4, 0.5) is 0 Å². The minimum absolute atomic E-state index is 0.794. The first kappa shape index (κ1) is 10.8. The van der Waals surface area contributed by atoms with Crippen molar-refractivity contribution >= 4 is 11.8 Å². The Labute approximate surface area is 91.8 Å². The smallest absolute Gasteiger partial charge is 0.0171 e. The van der Waals surface area contributed by atoms with Crippen molar-refractivity contribution in [2.75, 3.05) is 25.9 Å². The predicted octanol–water partition coefficient (Wildman–Crippen LogP) is 1.56. The molecule has 0 saturated carbocycles. The molecular formula is C11H22N2S. The summed E-state index contributed by atoms with van der Waals surface area (Å²) in [7, 11) is 2.23. The molecular weight excluding hydrogens is 192 g/mol. The molecule has 0 aromatic rings. The van der Waals surface area contributed by atoms with Crippen LogP contribution in [0.25, 0.3) is 0 Å². The average Bonchev–Trinajstić information content (AvgIpc) is 2.56. The Balaban J connectivity index is 1.70. The van der Waals surface area contributed by atoms with Crippen LogP contribution >= 0.6 is 11.8 Å². The Morgan fingerprint density at radius 1 is 1.21 bits per heavy atom. The molecule has 2 heterocycles. The third kappa shape index (κ3) is 2.88. The van der Waals surface area contributed by atoms with Crippen molar-refractivity contribution < 1.29 is 0 Å². The highest BCUT2D eigenvalue weighted by Gasteiger charge is 2.25. The van der Waals surface area contributed by atoms with Gasteiger partial charge in [-0.2, -0.15) is 11.8 Å². The number of thioether (sulfide) groups is 1. The zero-order chi connectivity index (χ0) is 9.97. The quantitative estimate of drug-likeness (QED) is 0.751. The van der Waals surface area contributed by atoms with E-state index < -0.39 is 0 Å². The molecule has 2 rings (SSSR count). The van der Waals surface area contributed by atoms with Crippen molar-refractivity contribution in [3.63, 3.8) is 0 Å². The lowest BCUT2D eigenvalue weighted by atomic mass is 10.0. The van der Waals surface area contributed by atoms with Gasteiger partial charge in [-0.1, -0.05) is 6.92 Å². The lowest BCUT2D eigenvalue weighted by Crippen LogP contribution is -2.45. The molecule has 3 heteroatoms. The van der Waals surface area contributed by atoms with E-state index in [-0.39, 0.29) is 0 Å². The number of piperidine rings is 1. The number of hydrogen-bond donors (Lipinski definition) is 1. The molecule has 0 amide bonds. The third-order valence-corrected chi connectivity index (χ3v) is 4.74. The topological polar surface area (TPSA) is 15.3 Å². The maximum atomic E-state index is 3.82. The molecule has 2 aliphatic heterocycles. The van der Waals surface area contributed by atoms with Crippen molar-refractivity contribution in [2.45, 2.75) is 43.5 Å². The SMILES string of the molecule is CC1CC(NC2CCN(C)CC2)CS1. The highest BCUT2D eigenvalue weighted by molar-refractivity contribution is 8.00. The van der Waals surface area contributed by atoms with E-state index in [1.165, 1.54) is 38.1 Å². The van der Waals surface area contributed by atoms with Gasteiger partial charge < -0.3 is 10.2 Å². The van der Waals surface area contributed by atoms with Gasteiger partial charge in [-0.15, -0.1) is 0 Å². The standard InChI is InChI=1S/C11H22N2S/c1-9-7-11(8-14-9)12-10-3-5-13(2)6-4-10/h9-12H,3-8H2,1-2H3. The molecule has 2 nitrogen and oxygen atoms in total. The first-order valence-corrected chi connectivity index (χ1v) is 6.85. The van der Waals surface area contributed by atoms with E-state index in [0.29, 0.717) is 0 Å². The molecule has 0 aliphatic carbocycles. The van der Waals surface area contributed by atoms with Crippen molar-refractivity contribution in [3.05, 3.63) is 0 Å². The van der Waals surface area contributed by atoms with Crippen molar-refractivity contribution in [2.24, 2.45) is 0 Å². The Kier molecular flexibility index (Phi) is 3.74. The Bertz CT molecular complexity index is 178. The number of nitrogens with one attached hydrogen (secondary N) is 1. The van der Waals surface area contributed by atoms with Gasteiger partial charge in [0.1, 0.15) is 0 Å². The van der Waals surface area contributed by atoms with E-state index in [2.05, 4.69) is 35.9 Å². The zero-order valence-corrected chi connectivity index (χ0v) is 10.1. The molecule has 14 heavy (non-hydrogen) atoms. The first-order valence-electron chi connectivity index (χ1n) is 5.80. The summed E-state index contributed by atoms with van der Waals surface area (Å²) in [4.78, 5) is 2.43. The molecule has 2 saturated heterocycles. The number of likely N-dealkylation sites (tertiary alicyclic amines) is 1. The predicted molar refractivity (Wildman–Crippen MR) is 64.0 cm³/mol. The minimum Gasteiger partial charge on any atom is -0.310 e. The van der Waals surface area contributed by atoms with E-state index in [1.54, 1.807) is 0 Å². The van der Waals surface area contributed by atoms with Crippen molar-refractivity contribution in [1.29, 1.82) is 0 Å². The lowest BCUT2D eigenvalue weighted by Gasteiger charge is -2.31. The van der Waals surface area contributed by atoms with Crippen LogP contribution < -0.4 is 5.32 Å². The van der Waals surface area contributed by atoms with Gasteiger partial charge in [-0.3, -0.25) is 0 Å². The van der Waals surface area contributed by atoms with Gasteiger partial charge in [0.15, 0.2) is 0 Å².